The molecule has 0 radical (unpaired) electrons. The van der Waals surface area contributed by atoms with Crippen LogP contribution in [-0.2, 0) is 11.8 Å². The molecule has 2 aromatic rings. The van der Waals surface area contributed by atoms with Crippen molar-refractivity contribution in [3.8, 4) is 0 Å². The highest BCUT2D eigenvalue weighted by Gasteiger charge is 2.39. The second-order valence-electron chi connectivity index (χ2n) is 5.28. The van der Waals surface area contributed by atoms with Gasteiger partial charge in [-0.3, -0.25) is 0 Å². The molecule has 0 aliphatic carbocycles. The van der Waals surface area contributed by atoms with Crippen molar-refractivity contribution in [1.82, 2.24) is 5.32 Å². The van der Waals surface area contributed by atoms with Crippen LogP contribution in [0.5, 0.6) is 0 Å². The van der Waals surface area contributed by atoms with Gasteiger partial charge in [0, 0.05) is 23.0 Å². The molecular weight excluding hydrogens is 357 g/mol. The van der Waals surface area contributed by atoms with Crippen molar-refractivity contribution in [2.24, 2.45) is 0 Å². The average molecular weight is 371 g/mol. The lowest BCUT2D eigenvalue weighted by Crippen LogP contribution is -2.58. The Hall–Kier alpha value is -0.540. The van der Waals surface area contributed by atoms with Gasteiger partial charge in [0.15, 0.2) is 0 Å². The zero-order chi connectivity index (χ0) is 14.2. The molecule has 0 amide bonds. The van der Waals surface area contributed by atoms with E-state index < -0.39 is 0 Å². The van der Waals surface area contributed by atoms with Gasteiger partial charge in [0.2, 0.25) is 0 Å². The fraction of sp³-hybridized carbons (Fsp3) is 0.250. The van der Waals surface area contributed by atoms with Gasteiger partial charge in [-0.25, -0.2) is 0 Å². The molecule has 0 spiro atoms. The number of benzene rings is 2. The molecule has 0 atom stereocenters. The van der Waals surface area contributed by atoms with E-state index in [4.69, 9.17) is 23.2 Å². The number of nitrogens with one attached hydrogen (secondary N) is 1. The van der Waals surface area contributed by atoms with Gasteiger partial charge in [0.05, 0.1) is 10.0 Å². The minimum absolute atomic E-state index is 0.120. The van der Waals surface area contributed by atoms with Crippen molar-refractivity contribution in [3.05, 3.63) is 68.1 Å². The van der Waals surface area contributed by atoms with Crippen molar-refractivity contribution < 1.29 is 0 Å². The number of hydrogen-bond acceptors (Lipinski definition) is 1. The van der Waals surface area contributed by atoms with Crippen LogP contribution in [0.15, 0.2) is 46.9 Å². The molecule has 0 bridgehead atoms. The first-order valence-corrected chi connectivity index (χ1v) is 8.05. The summed E-state index contributed by atoms with van der Waals surface area (Å²) in [5.74, 6) is 0. The highest BCUT2D eigenvalue weighted by Crippen LogP contribution is 2.36. The van der Waals surface area contributed by atoms with Crippen LogP contribution >= 0.6 is 39.1 Å². The van der Waals surface area contributed by atoms with E-state index in [0.29, 0.717) is 10.0 Å². The summed E-state index contributed by atoms with van der Waals surface area (Å²) in [5, 5.41) is 4.69. The van der Waals surface area contributed by atoms with Crippen molar-refractivity contribution >= 4 is 39.1 Å². The number of hydrogen-bond donors (Lipinski definition) is 1. The quantitative estimate of drug-likeness (QED) is 0.815. The topological polar surface area (TPSA) is 12.0 Å². The normalized spacial score (nSPS) is 16.8. The van der Waals surface area contributed by atoms with Gasteiger partial charge < -0.3 is 5.32 Å². The fourth-order valence-electron chi connectivity index (χ4n) is 2.71. The Labute approximate surface area is 137 Å². The highest BCUT2D eigenvalue weighted by molar-refractivity contribution is 9.10. The second-order valence-corrected chi connectivity index (χ2v) is 6.98. The smallest absolute Gasteiger partial charge is 0.0624 e. The molecule has 0 saturated carbocycles. The summed E-state index contributed by atoms with van der Waals surface area (Å²) < 4.78 is 1.10. The molecule has 1 saturated heterocycles. The van der Waals surface area contributed by atoms with E-state index in [9.17, 15) is 0 Å². The summed E-state index contributed by atoms with van der Waals surface area (Å²) in [6.07, 6.45) is 0.904. The molecule has 0 unspecified atom stereocenters. The zero-order valence-electron chi connectivity index (χ0n) is 10.8. The summed E-state index contributed by atoms with van der Waals surface area (Å²) in [6, 6.07) is 14.4. The first-order chi connectivity index (χ1) is 9.61. The number of halogens is 3. The van der Waals surface area contributed by atoms with E-state index in [1.165, 1.54) is 5.56 Å². The van der Waals surface area contributed by atoms with E-state index in [1.807, 2.05) is 12.1 Å². The molecule has 1 heterocycles. The van der Waals surface area contributed by atoms with Crippen LogP contribution < -0.4 is 5.32 Å². The van der Waals surface area contributed by atoms with Crippen LogP contribution in [0.3, 0.4) is 0 Å². The van der Waals surface area contributed by atoms with Gasteiger partial charge in [-0.1, -0.05) is 63.4 Å². The van der Waals surface area contributed by atoms with Crippen molar-refractivity contribution in [2.45, 2.75) is 11.8 Å². The van der Waals surface area contributed by atoms with E-state index in [2.05, 4.69) is 51.6 Å². The molecule has 0 aromatic heterocycles. The molecule has 20 heavy (non-hydrogen) atoms. The van der Waals surface area contributed by atoms with Crippen LogP contribution in [0.1, 0.15) is 11.1 Å². The minimum Gasteiger partial charge on any atom is -0.315 e. The average Bonchev–Trinajstić information content (AvgIpc) is 2.40. The summed E-state index contributed by atoms with van der Waals surface area (Å²) in [6.45, 7) is 1.94. The fourth-order valence-corrected chi connectivity index (χ4v) is 3.36. The Morgan fingerprint density at radius 2 is 1.75 bits per heavy atom. The molecule has 1 nitrogen and oxygen atoms in total. The summed E-state index contributed by atoms with van der Waals surface area (Å²) in [4.78, 5) is 0. The van der Waals surface area contributed by atoms with E-state index in [1.54, 1.807) is 0 Å². The third kappa shape index (κ3) is 2.62. The van der Waals surface area contributed by atoms with Gasteiger partial charge in [-0.2, -0.15) is 0 Å². The maximum Gasteiger partial charge on any atom is 0.0624 e. The molecule has 4 heteroatoms. The molecule has 3 rings (SSSR count). The summed E-state index contributed by atoms with van der Waals surface area (Å²) in [7, 11) is 0. The Morgan fingerprint density at radius 1 is 1.05 bits per heavy atom. The first kappa shape index (κ1) is 14.4. The summed E-state index contributed by atoms with van der Waals surface area (Å²) >= 11 is 15.9. The molecule has 1 aliphatic rings. The van der Waals surface area contributed by atoms with E-state index >= 15 is 0 Å². The van der Waals surface area contributed by atoms with Crippen LogP contribution in [0.25, 0.3) is 0 Å². The molecule has 1 fully saturated rings. The molecule has 1 N–H and O–H groups in total. The van der Waals surface area contributed by atoms with Crippen molar-refractivity contribution in [3.63, 3.8) is 0 Å². The third-order valence-electron chi connectivity index (χ3n) is 3.94. The monoisotopic (exact) mass is 369 g/mol. The second kappa shape index (κ2) is 5.69. The third-order valence-corrected chi connectivity index (χ3v) is 5.33. The Morgan fingerprint density at radius 3 is 2.35 bits per heavy atom. The van der Waals surface area contributed by atoms with E-state index in [-0.39, 0.29) is 5.41 Å². The Kier molecular flexibility index (Phi) is 4.09. The van der Waals surface area contributed by atoms with Crippen molar-refractivity contribution in [2.75, 3.05) is 13.1 Å². The zero-order valence-corrected chi connectivity index (χ0v) is 13.9. The molecule has 2 aromatic carbocycles. The SMILES string of the molecule is Clc1cccc(CC2(c3ccc(Br)cc3)CNC2)c1Cl. The van der Waals surface area contributed by atoms with Gasteiger partial charge >= 0.3 is 0 Å². The summed E-state index contributed by atoms with van der Waals surface area (Å²) in [5.41, 5.74) is 2.58. The first-order valence-electron chi connectivity index (χ1n) is 6.50. The molecular formula is C16H14BrCl2N. The van der Waals surface area contributed by atoms with E-state index in [0.717, 1.165) is 29.5 Å². The lowest BCUT2D eigenvalue weighted by molar-refractivity contribution is 0.275. The highest BCUT2D eigenvalue weighted by atomic mass is 79.9. The predicted molar refractivity (Wildman–Crippen MR) is 88.9 cm³/mol. The molecule has 1 aliphatic heterocycles. The lowest BCUT2D eigenvalue weighted by Gasteiger charge is -2.43. The van der Waals surface area contributed by atoms with Gasteiger partial charge in [0.25, 0.3) is 0 Å². The van der Waals surface area contributed by atoms with Crippen LogP contribution in [0.4, 0.5) is 0 Å². The molecule has 104 valence electrons. The Balaban J connectivity index is 1.94. The van der Waals surface area contributed by atoms with Gasteiger partial charge in [-0.05, 0) is 35.7 Å². The van der Waals surface area contributed by atoms with Crippen LogP contribution in [-0.4, -0.2) is 13.1 Å². The van der Waals surface area contributed by atoms with Gasteiger partial charge in [-0.15, -0.1) is 0 Å². The maximum atomic E-state index is 6.33. The maximum absolute atomic E-state index is 6.33. The van der Waals surface area contributed by atoms with Crippen molar-refractivity contribution in [1.29, 1.82) is 0 Å². The predicted octanol–water partition coefficient (Wildman–Crippen LogP) is 4.84. The largest absolute Gasteiger partial charge is 0.315 e. The van der Waals surface area contributed by atoms with Crippen LogP contribution in [0.2, 0.25) is 10.0 Å². The minimum atomic E-state index is 0.120. The van der Waals surface area contributed by atoms with Crippen LogP contribution in [0, 0.1) is 0 Å². The standard InChI is InChI=1S/C16H14BrCl2N/c17-13-6-4-12(5-7-13)16(9-20-10-16)8-11-2-1-3-14(18)15(11)19/h1-7,20H,8-10H2. The van der Waals surface area contributed by atoms with Gasteiger partial charge in [0.1, 0.15) is 0 Å². The Bertz CT molecular complexity index is 621. The number of rotatable bonds is 3. The lowest BCUT2D eigenvalue weighted by atomic mass is 9.71.